The van der Waals surface area contributed by atoms with Gasteiger partial charge in [-0.3, -0.25) is 4.79 Å². The lowest BCUT2D eigenvalue weighted by Crippen LogP contribution is -2.08. The molecule has 0 radical (unpaired) electrons. The van der Waals surface area contributed by atoms with Crippen molar-refractivity contribution in [2.75, 3.05) is 0 Å². The highest BCUT2D eigenvalue weighted by atomic mass is 16.5. The molecule has 104 valence electrons. The summed E-state index contributed by atoms with van der Waals surface area (Å²) in [6.45, 7) is 2.10. The van der Waals surface area contributed by atoms with E-state index in [4.69, 9.17) is 4.74 Å². The van der Waals surface area contributed by atoms with Crippen molar-refractivity contribution in [3.63, 3.8) is 0 Å². The molecule has 0 saturated heterocycles. The minimum absolute atomic E-state index is 0.227. The van der Waals surface area contributed by atoms with Crippen molar-refractivity contribution in [1.29, 1.82) is 0 Å². The predicted octanol–water partition coefficient (Wildman–Crippen LogP) is 3.63. The zero-order valence-corrected chi connectivity index (χ0v) is 11.6. The van der Waals surface area contributed by atoms with Gasteiger partial charge in [-0.25, -0.2) is 9.97 Å². The topological polar surface area (TPSA) is 52.1 Å². The third-order valence-electron chi connectivity index (χ3n) is 2.88. The number of hydrogen-bond acceptors (Lipinski definition) is 4. The number of esters is 1. The number of unbranched alkanes of at least 4 members (excludes halogenated alkanes) is 2. The van der Waals surface area contributed by atoms with Crippen LogP contribution >= 0.6 is 0 Å². The van der Waals surface area contributed by atoms with E-state index in [0.29, 0.717) is 18.0 Å². The van der Waals surface area contributed by atoms with Crippen molar-refractivity contribution in [2.24, 2.45) is 0 Å². The summed E-state index contributed by atoms with van der Waals surface area (Å²) in [7, 11) is 0. The Hall–Kier alpha value is -2.23. The summed E-state index contributed by atoms with van der Waals surface area (Å²) in [6.07, 6.45) is 6.49. The van der Waals surface area contributed by atoms with Gasteiger partial charge in [0.05, 0.1) is 12.4 Å². The Bertz CT molecular complexity index is 538. The molecule has 20 heavy (non-hydrogen) atoms. The molecule has 0 spiro atoms. The second-order valence-corrected chi connectivity index (χ2v) is 4.54. The maximum atomic E-state index is 11.6. The highest BCUT2D eigenvalue weighted by Crippen LogP contribution is 2.16. The fraction of sp³-hybridized carbons (Fsp3) is 0.312. The van der Waals surface area contributed by atoms with Crippen LogP contribution in [0.1, 0.15) is 32.6 Å². The molecule has 0 aliphatic carbocycles. The van der Waals surface area contributed by atoms with Gasteiger partial charge in [0.25, 0.3) is 0 Å². The highest BCUT2D eigenvalue weighted by molar-refractivity contribution is 5.72. The molecule has 0 unspecified atom stereocenters. The van der Waals surface area contributed by atoms with Crippen LogP contribution < -0.4 is 4.74 Å². The minimum atomic E-state index is -0.227. The SMILES string of the molecule is CCCCCC(=O)Oc1cnc(-c2ccccc2)nc1. The van der Waals surface area contributed by atoms with Gasteiger partial charge in [-0.15, -0.1) is 0 Å². The molecule has 0 N–H and O–H groups in total. The highest BCUT2D eigenvalue weighted by Gasteiger charge is 2.06. The number of rotatable bonds is 6. The van der Waals surface area contributed by atoms with Crippen LogP contribution in [0.25, 0.3) is 11.4 Å². The molecule has 0 atom stereocenters. The molecule has 4 nitrogen and oxygen atoms in total. The average Bonchev–Trinajstić information content (AvgIpc) is 2.49. The monoisotopic (exact) mass is 270 g/mol. The molecule has 0 fully saturated rings. The van der Waals surface area contributed by atoms with E-state index in [1.165, 1.54) is 12.4 Å². The quantitative estimate of drug-likeness (QED) is 0.594. The molecule has 1 aromatic carbocycles. The summed E-state index contributed by atoms with van der Waals surface area (Å²) < 4.78 is 5.19. The summed E-state index contributed by atoms with van der Waals surface area (Å²) in [4.78, 5) is 20.0. The summed E-state index contributed by atoms with van der Waals surface area (Å²) in [6, 6.07) is 9.67. The maximum absolute atomic E-state index is 11.6. The lowest BCUT2D eigenvalue weighted by Gasteiger charge is -2.04. The van der Waals surface area contributed by atoms with Gasteiger partial charge in [-0.2, -0.15) is 0 Å². The van der Waals surface area contributed by atoms with E-state index >= 15 is 0 Å². The Labute approximate surface area is 118 Å². The first-order valence-corrected chi connectivity index (χ1v) is 6.87. The van der Waals surface area contributed by atoms with Crippen LogP contribution in [0.2, 0.25) is 0 Å². The van der Waals surface area contributed by atoms with Crippen LogP contribution in [0.5, 0.6) is 5.75 Å². The van der Waals surface area contributed by atoms with E-state index in [2.05, 4.69) is 16.9 Å². The van der Waals surface area contributed by atoms with Gasteiger partial charge in [0.15, 0.2) is 11.6 Å². The Kier molecular flexibility index (Phi) is 5.24. The zero-order chi connectivity index (χ0) is 14.2. The molecule has 0 aliphatic rings. The number of nitrogens with zero attached hydrogens (tertiary/aromatic N) is 2. The van der Waals surface area contributed by atoms with E-state index in [9.17, 15) is 4.79 Å². The van der Waals surface area contributed by atoms with E-state index < -0.39 is 0 Å². The Morgan fingerprint density at radius 2 is 1.80 bits per heavy atom. The molecule has 0 bridgehead atoms. The van der Waals surface area contributed by atoms with E-state index in [1.54, 1.807) is 0 Å². The van der Waals surface area contributed by atoms with Gasteiger partial charge in [0.2, 0.25) is 0 Å². The second kappa shape index (κ2) is 7.38. The van der Waals surface area contributed by atoms with Crippen molar-refractivity contribution >= 4 is 5.97 Å². The third kappa shape index (κ3) is 4.16. The fourth-order valence-corrected chi connectivity index (χ4v) is 1.81. The van der Waals surface area contributed by atoms with E-state index in [1.807, 2.05) is 30.3 Å². The number of carbonyl (C=O) groups excluding carboxylic acids is 1. The molecule has 1 aromatic heterocycles. The summed E-state index contributed by atoms with van der Waals surface area (Å²) in [5.74, 6) is 0.789. The molecule has 0 aliphatic heterocycles. The Morgan fingerprint density at radius 1 is 1.10 bits per heavy atom. The van der Waals surface area contributed by atoms with Crippen LogP contribution in [0.15, 0.2) is 42.7 Å². The normalized spacial score (nSPS) is 10.2. The van der Waals surface area contributed by atoms with Crippen LogP contribution in [0.3, 0.4) is 0 Å². The Balaban J connectivity index is 1.93. The van der Waals surface area contributed by atoms with Gasteiger partial charge in [-0.1, -0.05) is 50.1 Å². The molecule has 4 heteroatoms. The second-order valence-electron chi connectivity index (χ2n) is 4.54. The Morgan fingerprint density at radius 3 is 2.45 bits per heavy atom. The molecular weight excluding hydrogens is 252 g/mol. The van der Waals surface area contributed by atoms with Crippen molar-refractivity contribution in [1.82, 2.24) is 9.97 Å². The summed E-state index contributed by atoms with van der Waals surface area (Å²) in [5.41, 5.74) is 0.938. The number of aromatic nitrogens is 2. The summed E-state index contributed by atoms with van der Waals surface area (Å²) >= 11 is 0. The van der Waals surface area contributed by atoms with Crippen LogP contribution in [-0.2, 0) is 4.79 Å². The van der Waals surface area contributed by atoms with Gasteiger partial charge < -0.3 is 4.74 Å². The van der Waals surface area contributed by atoms with Gasteiger partial charge in [-0.05, 0) is 6.42 Å². The minimum Gasteiger partial charge on any atom is -0.423 e. The van der Waals surface area contributed by atoms with Crippen LogP contribution in [0, 0.1) is 0 Å². The molecule has 0 amide bonds. The van der Waals surface area contributed by atoms with Crippen LogP contribution in [0.4, 0.5) is 0 Å². The smallest absolute Gasteiger partial charge is 0.311 e. The molecule has 1 heterocycles. The van der Waals surface area contributed by atoms with E-state index in [0.717, 1.165) is 24.8 Å². The van der Waals surface area contributed by atoms with Gasteiger partial charge >= 0.3 is 5.97 Å². The van der Waals surface area contributed by atoms with Crippen molar-refractivity contribution in [3.05, 3.63) is 42.7 Å². The largest absolute Gasteiger partial charge is 0.423 e. The number of carbonyl (C=O) groups is 1. The van der Waals surface area contributed by atoms with E-state index in [-0.39, 0.29) is 5.97 Å². The average molecular weight is 270 g/mol. The maximum Gasteiger partial charge on any atom is 0.311 e. The number of hydrogen-bond donors (Lipinski definition) is 0. The molecule has 0 saturated carbocycles. The standard InChI is InChI=1S/C16H18N2O2/c1-2-3-5-10-15(19)20-14-11-17-16(18-12-14)13-8-6-4-7-9-13/h4,6-9,11-12H,2-3,5,10H2,1H3. The fourth-order valence-electron chi connectivity index (χ4n) is 1.81. The first kappa shape index (κ1) is 14.2. The lowest BCUT2D eigenvalue weighted by molar-refractivity contribution is -0.134. The van der Waals surface area contributed by atoms with Crippen molar-refractivity contribution < 1.29 is 9.53 Å². The van der Waals surface area contributed by atoms with Gasteiger partial charge in [0.1, 0.15) is 0 Å². The zero-order valence-electron chi connectivity index (χ0n) is 11.6. The van der Waals surface area contributed by atoms with Gasteiger partial charge in [0, 0.05) is 12.0 Å². The van der Waals surface area contributed by atoms with Crippen molar-refractivity contribution in [2.45, 2.75) is 32.6 Å². The number of benzene rings is 1. The first-order valence-electron chi connectivity index (χ1n) is 6.87. The first-order chi connectivity index (χ1) is 9.79. The summed E-state index contributed by atoms with van der Waals surface area (Å²) in [5, 5.41) is 0. The molecular formula is C16H18N2O2. The molecule has 2 rings (SSSR count). The van der Waals surface area contributed by atoms with Crippen molar-refractivity contribution in [3.8, 4) is 17.1 Å². The van der Waals surface area contributed by atoms with Crippen LogP contribution in [-0.4, -0.2) is 15.9 Å². The lowest BCUT2D eigenvalue weighted by atomic mass is 10.2. The molecule has 2 aromatic rings. The third-order valence-corrected chi connectivity index (χ3v) is 2.88. The predicted molar refractivity (Wildman–Crippen MR) is 77.2 cm³/mol. The number of ether oxygens (including phenoxy) is 1.